The number of aryl methyl sites for hydroxylation is 1. The van der Waals surface area contributed by atoms with Crippen LogP contribution in [0.25, 0.3) is 0 Å². The van der Waals surface area contributed by atoms with Crippen LogP contribution in [0, 0.1) is 6.92 Å². The van der Waals surface area contributed by atoms with E-state index in [1.807, 2.05) is 19.1 Å². The Bertz CT molecular complexity index is 1370. The Kier molecular flexibility index (Phi) is 8.21. The summed E-state index contributed by atoms with van der Waals surface area (Å²) in [5.74, 6) is 0.123. The zero-order valence-electron chi connectivity index (χ0n) is 25.7. The molecule has 226 valence electrons. The van der Waals surface area contributed by atoms with Crippen molar-refractivity contribution in [1.29, 1.82) is 0 Å². The highest BCUT2D eigenvalue weighted by molar-refractivity contribution is 6.88. The molecule has 2 aromatic rings. The van der Waals surface area contributed by atoms with Crippen molar-refractivity contribution in [2.75, 3.05) is 38.5 Å². The predicted molar refractivity (Wildman–Crippen MR) is 163 cm³/mol. The van der Waals surface area contributed by atoms with Crippen LogP contribution in [0.2, 0.25) is 19.6 Å². The van der Waals surface area contributed by atoms with Gasteiger partial charge in [-0.3, -0.25) is 9.59 Å². The number of rotatable bonds is 9. The fourth-order valence-corrected chi connectivity index (χ4v) is 7.08. The number of hydrogen-bond acceptors (Lipinski definition) is 10. The monoisotopic (exact) mass is 595 g/mol. The van der Waals surface area contributed by atoms with Gasteiger partial charge in [0.1, 0.15) is 5.75 Å². The molecule has 0 aliphatic carbocycles. The van der Waals surface area contributed by atoms with Crippen LogP contribution in [0.5, 0.6) is 17.5 Å². The molecular weight excluding hydrogens is 554 g/mol. The molecule has 1 N–H and O–H groups in total. The summed E-state index contributed by atoms with van der Waals surface area (Å²) >= 11 is 0. The van der Waals surface area contributed by atoms with Gasteiger partial charge in [-0.15, -0.1) is 0 Å². The van der Waals surface area contributed by atoms with Crippen molar-refractivity contribution in [3.05, 3.63) is 35.8 Å². The maximum Gasteiger partial charge on any atom is 0.289 e. The molecule has 1 aromatic heterocycles. The number of ether oxygens (including phenoxy) is 4. The van der Waals surface area contributed by atoms with Gasteiger partial charge in [-0.25, -0.2) is 0 Å². The first-order valence-electron chi connectivity index (χ1n) is 14.4. The molecule has 1 amide bonds. The lowest BCUT2D eigenvalue weighted by molar-refractivity contribution is -0.134. The van der Waals surface area contributed by atoms with Crippen molar-refractivity contribution in [3.8, 4) is 17.5 Å². The van der Waals surface area contributed by atoms with Crippen LogP contribution < -0.4 is 29.6 Å². The van der Waals surface area contributed by atoms with E-state index in [1.54, 1.807) is 0 Å². The fourth-order valence-electron chi connectivity index (χ4n) is 5.93. The number of anilines is 2. The largest absolute Gasteiger partial charge is 0.479 e. The summed E-state index contributed by atoms with van der Waals surface area (Å²) in [4.78, 5) is 40.0. The van der Waals surface area contributed by atoms with Gasteiger partial charge < -0.3 is 34.1 Å². The van der Waals surface area contributed by atoms with E-state index in [0.717, 1.165) is 31.2 Å². The number of amides is 1. The Morgan fingerprint density at radius 1 is 1.07 bits per heavy atom. The third kappa shape index (κ3) is 5.82. The van der Waals surface area contributed by atoms with E-state index in [4.69, 9.17) is 18.9 Å². The average molecular weight is 596 g/mol. The first-order valence-corrected chi connectivity index (χ1v) is 17.9. The highest BCUT2D eigenvalue weighted by atomic mass is 28.3. The third-order valence-corrected chi connectivity index (χ3v) is 10.4. The van der Waals surface area contributed by atoms with E-state index >= 15 is 0 Å². The molecule has 12 heteroatoms. The molecular formula is C30H41N5O6Si. The number of benzene rings is 1. The number of aromatic nitrogens is 2. The first kappa shape index (κ1) is 29.8. The minimum absolute atomic E-state index is 0.0295. The van der Waals surface area contributed by atoms with Crippen LogP contribution in [0.4, 0.5) is 11.6 Å². The van der Waals surface area contributed by atoms with Gasteiger partial charge in [0.25, 0.3) is 11.9 Å². The summed E-state index contributed by atoms with van der Waals surface area (Å²) in [6, 6.07) is 7.21. The van der Waals surface area contributed by atoms with Crippen LogP contribution in [0.3, 0.4) is 0 Å². The van der Waals surface area contributed by atoms with Gasteiger partial charge >= 0.3 is 0 Å². The number of ketones is 1. The second kappa shape index (κ2) is 11.6. The van der Waals surface area contributed by atoms with Crippen molar-refractivity contribution in [2.24, 2.45) is 0 Å². The summed E-state index contributed by atoms with van der Waals surface area (Å²) in [5.41, 5.74) is 1.03. The van der Waals surface area contributed by atoms with Gasteiger partial charge in [-0.1, -0.05) is 37.0 Å². The standard InChI is InChI=1S/C30H41N5O6Si/c1-17-9-12-21(42(6,7)8)15-23(17)40-24-16-22(36)26(41-24)27(37)31-25-28(38-4)32-30(33-29(25)39-5)35-18-10-11-19(35)14-20(13-18)34(2)3/h9,12,15-16,18-20,26H,10-11,13-14H2,1-8H3,(H,31,37). The molecule has 0 radical (unpaired) electrons. The summed E-state index contributed by atoms with van der Waals surface area (Å²) in [6.45, 7) is 8.65. The van der Waals surface area contributed by atoms with E-state index in [9.17, 15) is 9.59 Å². The van der Waals surface area contributed by atoms with E-state index < -0.39 is 25.9 Å². The minimum Gasteiger partial charge on any atom is -0.479 e. The third-order valence-electron chi connectivity index (χ3n) is 8.39. The molecule has 0 spiro atoms. The summed E-state index contributed by atoms with van der Waals surface area (Å²) in [7, 11) is 5.59. The molecule has 1 aromatic carbocycles. The number of carbonyl (C=O) groups is 2. The zero-order valence-corrected chi connectivity index (χ0v) is 26.7. The molecule has 5 rings (SSSR count). The topological polar surface area (TPSA) is 115 Å². The van der Waals surface area contributed by atoms with Gasteiger partial charge in [-0.2, -0.15) is 9.97 Å². The minimum atomic E-state index is -1.59. The number of nitrogens with one attached hydrogen (secondary N) is 1. The van der Waals surface area contributed by atoms with E-state index in [1.165, 1.54) is 25.5 Å². The number of piperidine rings is 1. The van der Waals surface area contributed by atoms with E-state index in [2.05, 4.69) is 64.9 Å². The number of methoxy groups -OCH3 is 2. The Hall–Kier alpha value is -3.64. The van der Waals surface area contributed by atoms with Crippen LogP contribution in [0.1, 0.15) is 31.2 Å². The first-order chi connectivity index (χ1) is 19.9. The molecule has 42 heavy (non-hydrogen) atoms. The highest BCUT2D eigenvalue weighted by Gasteiger charge is 2.43. The van der Waals surface area contributed by atoms with Crippen molar-refractivity contribution < 1.29 is 28.5 Å². The maximum absolute atomic E-state index is 13.3. The average Bonchev–Trinajstić information content (AvgIpc) is 3.43. The van der Waals surface area contributed by atoms with Crippen LogP contribution >= 0.6 is 0 Å². The van der Waals surface area contributed by atoms with Crippen molar-refractivity contribution >= 4 is 36.6 Å². The lowest BCUT2D eigenvalue weighted by atomic mass is 9.97. The molecule has 2 fully saturated rings. The predicted octanol–water partition coefficient (Wildman–Crippen LogP) is 3.24. The lowest BCUT2D eigenvalue weighted by Crippen LogP contribution is -2.49. The molecule has 3 atom stereocenters. The lowest BCUT2D eigenvalue weighted by Gasteiger charge is -2.41. The molecule has 3 aliphatic heterocycles. The Morgan fingerprint density at radius 2 is 1.69 bits per heavy atom. The van der Waals surface area contributed by atoms with Gasteiger partial charge in [0.05, 0.1) is 28.4 Å². The zero-order chi connectivity index (χ0) is 30.3. The van der Waals surface area contributed by atoms with E-state index in [0.29, 0.717) is 29.8 Å². The Morgan fingerprint density at radius 3 is 2.24 bits per heavy atom. The van der Waals surface area contributed by atoms with Gasteiger partial charge in [-0.05, 0) is 58.3 Å². The van der Waals surface area contributed by atoms with Crippen molar-refractivity contribution in [2.45, 2.75) is 76.5 Å². The highest BCUT2D eigenvalue weighted by Crippen LogP contribution is 2.42. The summed E-state index contributed by atoms with van der Waals surface area (Å²) < 4.78 is 22.8. The molecule has 0 saturated carbocycles. The molecule has 11 nitrogen and oxygen atoms in total. The van der Waals surface area contributed by atoms with Gasteiger partial charge in [0.2, 0.25) is 29.6 Å². The second-order valence-corrected chi connectivity index (χ2v) is 17.6. The second-order valence-electron chi connectivity index (χ2n) is 12.5. The molecule has 2 bridgehead atoms. The van der Waals surface area contributed by atoms with Gasteiger partial charge in [0.15, 0.2) is 5.69 Å². The Labute approximate surface area is 248 Å². The fraction of sp³-hybridized carbons (Fsp3) is 0.533. The van der Waals surface area contributed by atoms with Crippen LogP contribution in [0.15, 0.2) is 30.2 Å². The van der Waals surface area contributed by atoms with Gasteiger partial charge in [0, 0.05) is 18.1 Å². The van der Waals surface area contributed by atoms with Crippen LogP contribution in [-0.2, 0) is 14.3 Å². The van der Waals surface area contributed by atoms with Crippen LogP contribution in [-0.4, -0.2) is 87.2 Å². The molecule has 3 aliphatic rings. The number of carbonyl (C=O) groups excluding carboxylic acids is 2. The number of fused-ring (bicyclic) bond motifs is 2. The number of hydrogen-bond donors (Lipinski definition) is 1. The quantitative estimate of drug-likeness (QED) is 0.342. The Balaban J connectivity index is 1.32. The molecule has 2 saturated heterocycles. The summed E-state index contributed by atoms with van der Waals surface area (Å²) in [5, 5.41) is 3.91. The number of nitrogens with zero attached hydrogens (tertiary/aromatic N) is 4. The normalized spacial score (nSPS) is 23.5. The molecule has 4 heterocycles. The van der Waals surface area contributed by atoms with Crippen molar-refractivity contribution in [1.82, 2.24) is 14.9 Å². The SMILES string of the molecule is COc1nc(N2C3CCC2CC(N(C)C)C3)nc(OC)c1NC(=O)C1OC(Oc2cc([Si](C)(C)C)ccc2C)=CC1=O. The molecule has 3 unspecified atom stereocenters. The maximum atomic E-state index is 13.3. The smallest absolute Gasteiger partial charge is 0.289 e. The van der Waals surface area contributed by atoms with Crippen molar-refractivity contribution in [3.63, 3.8) is 0 Å². The summed E-state index contributed by atoms with van der Waals surface area (Å²) in [6.07, 6.45) is 3.96. The van der Waals surface area contributed by atoms with E-state index in [-0.39, 0.29) is 23.4 Å².